The second-order valence-electron chi connectivity index (χ2n) is 19.7. The van der Waals surface area contributed by atoms with Crippen molar-refractivity contribution in [2.24, 2.45) is 16.2 Å². The lowest BCUT2D eigenvalue weighted by Crippen LogP contribution is -2.75. The van der Waals surface area contributed by atoms with Gasteiger partial charge in [0.15, 0.2) is 11.6 Å². The molecule has 1 amide bonds. The van der Waals surface area contributed by atoms with Crippen LogP contribution in [-0.2, 0) is 51.5 Å². The van der Waals surface area contributed by atoms with E-state index in [9.17, 15) is 0 Å². The summed E-state index contributed by atoms with van der Waals surface area (Å²) in [4.78, 5) is 49.0. The van der Waals surface area contributed by atoms with Gasteiger partial charge in [-0.15, -0.1) is 0 Å². The van der Waals surface area contributed by atoms with Gasteiger partial charge in [0.2, 0.25) is 0 Å². The number of carbonyl (C=O) groups is 3. The van der Waals surface area contributed by atoms with E-state index in [4.69, 9.17) is 0 Å². The topological polar surface area (TPSA) is 54.5 Å². The molecule has 7 atom stereocenters. The maximum Gasteiger partial charge on any atom is 0.254 e. The average Bonchev–Trinajstić information content (AvgIpc) is 4.02. The number of benzene rings is 4. The van der Waals surface area contributed by atoms with Crippen LogP contribution in [0.2, 0.25) is 0 Å². The zero-order chi connectivity index (χ0) is 33.9. The van der Waals surface area contributed by atoms with Crippen LogP contribution in [0.4, 0.5) is 0 Å². The number of amides is 1. The Bertz CT molecular complexity index is 3140. The number of rotatable bonds is 1. The number of hydrogen-bond acceptors (Lipinski definition) is 3. The van der Waals surface area contributed by atoms with Gasteiger partial charge in [-0.05, 0) is 164 Å². The molecule has 1 saturated heterocycles. The molecule has 4 heteroatoms. The van der Waals surface area contributed by atoms with Crippen molar-refractivity contribution in [2.45, 2.75) is 73.2 Å². The van der Waals surface area contributed by atoms with Crippen LogP contribution in [-0.4, -0.2) is 34.5 Å². The summed E-state index contributed by atoms with van der Waals surface area (Å²) in [6, 6.07) is 15.1. The van der Waals surface area contributed by atoms with Gasteiger partial charge in [-0.25, -0.2) is 0 Å². The zero-order valence-corrected chi connectivity index (χ0v) is 28.9. The van der Waals surface area contributed by atoms with Crippen molar-refractivity contribution >= 4 is 33.8 Å². The number of likely N-dealkylation sites (tertiary alicyclic amines) is 1. The van der Waals surface area contributed by atoms with Gasteiger partial charge in [-0.1, -0.05) is 53.6 Å². The minimum atomic E-state index is -0.805. The molecule has 13 aliphatic carbocycles. The Kier molecular flexibility index (Phi) is 2.94. The SMILES string of the molecule is O=C(c1ccccc1)N1CC23C=C4Cc5cc6c7c8c5C45C(=O)C=C4CC19CC1=CC(=O)C%10(C=C%11Cc%12cc(c-7c7c-8c8c(c%11c%127)C1%10C29C485)CC6)CC3. The summed E-state index contributed by atoms with van der Waals surface area (Å²) in [5, 5.41) is 2.94. The Labute approximate surface area is 303 Å². The molecule has 0 bridgehead atoms. The standard InChI is InChI=1S/C49H29NO3/c51-30-14-28-18-45-19-29-15-31(52)46-27-13-25-11-23-7-6-22-10-24-12-26-16-44(30)9-8-43(17-27,20-50(45)42(53)21-4-2-1-3-5-21)49(45)47(28,44)40-35(26)34(24)36-32(22)33(23)37(39(25)46)38(36)41(40)48(29,46)49/h1-5,10-11,14-17H,6-9,12-13,18-20H2. The van der Waals surface area contributed by atoms with Gasteiger partial charge in [-0.2, -0.15) is 0 Å². The Morgan fingerprint density at radius 3 is 2.30 bits per heavy atom. The molecule has 4 spiro atoms. The highest BCUT2D eigenvalue weighted by Crippen LogP contribution is 3.02. The largest absolute Gasteiger partial charge is 0.331 e. The molecule has 4 aromatic rings. The zero-order valence-electron chi connectivity index (χ0n) is 28.9. The molecule has 248 valence electrons. The van der Waals surface area contributed by atoms with Crippen LogP contribution in [0.3, 0.4) is 0 Å². The number of nitrogens with zero attached hydrogens (tertiary/aromatic N) is 1. The summed E-state index contributed by atoms with van der Waals surface area (Å²) in [7, 11) is 0. The van der Waals surface area contributed by atoms with Gasteiger partial charge in [0.05, 0.1) is 16.4 Å². The van der Waals surface area contributed by atoms with Crippen LogP contribution >= 0.6 is 0 Å². The Balaban J connectivity index is 1.17. The summed E-state index contributed by atoms with van der Waals surface area (Å²) < 4.78 is 0. The van der Waals surface area contributed by atoms with Gasteiger partial charge in [0.1, 0.15) is 0 Å². The van der Waals surface area contributed by atoms with E-state index in [1.807, 2.05) is 30.3 Å². The van der Waals surface area contributed by atoms with E-state index >= 15 is 14.4 Å². The fourth-order valence-corrected chi connectivity index (χ4v) is 19.4. The smallest absolute Gasteiger partial charge is 0.254 e. The average molecular weight is 680 g/mol. The number of carbonyl (C=O) groups excluding carboxylic acids is 3. The molecule has 7 unspecified atom stereocenters. The Hall–Kier alpha value is -5.09. The molecule has 0 radical (unpaired) electrons. The van der Waals surface area contributed by atoms with Crippen molar-refractivity contribution in [3.63, 3.8) is 0 Å². The van der Waals surface area contributed by atoms with Gasteiger partial charge in [-0.3, -0.25) is 14.4 Å². The van der Waals surface area contributed by atoms with E-state index in [1.165, 1.54) is 99.8 Å². The fraction of sp³-hybridized carbons (Fsp3) is 0.327. The van der Waals surface area contributed by atoms with E-state index in [0.717, 1.165) is 56.9 Å². The van der Waals surface area contributed by atoms with Crippen LogP contribution in [0.5, 0.6) is 0 Å². The third-order valence-electron chi connectivity index (χ3n) is 19.3. The molecule has 3 saturated carbocycles. The highest BCUT2D eigenvalue weighted by molar-refractivity contribution is 6.30. The van der Waals surface area contributed by atoms with Crippen LogP contribution in [0.15, 0.2) is 83.5 Å². The van der Waals surface area contributed by atoms with E-state index < -0.39 is 32.6 Å². The highest BCUT2D eigenvalue weighted by Gasteiger charge is 3.04. The van der Waals surface area contributed by atoms with E-state index in [0.29, 0.717) is 12.3 Å². The summed E-state index contributed by atoms with van der Waals surface area (Å²) in [5.41, 5.74) is 19.1. The van der Waals surface area contributed by atoms with E-state index in [-0.39, 0.29) is 17.1 Å². The molecule has 4 fully saturated rings. The first-order valence-corrected chi connectivity index (χ1v) is 20.1. The number of hydrogen-bond donors (Lipinski definition) is 0. The molecule has 4 aromatic carbocycles. The summed E-state index contributed by atoms with van der Waals surface area (Å²) in [6.07, 6.45) is 16.4. The normalized spacial score (nSPS) is 42.0. The van der Waals surface area contributed by atoms with Gasteiger partial charge in [0, 0.05) is 33.8 Å². The number of aryl methyl sites for hydroxylation is 2. The van der Waals surface area contributed by atoms with Crippen molar-refractivity contribution in [1.29, 1.82) is 0 Å². The van der Waals surface area contributed by atoms with Gasteiger partial charge >= 0.3 is 0 Å². The predicted octanol–water partition coefficient (Wildman–Crippen LogP) is 7.25. The monoisotopic (exact) mass is 679 g/mol. The molecule has 18 rings (SSSR count). The third kappa shape index (κ3) is 1.59. The summed E-state index contributed by atoms with van der Waals surface area (Å²) in [5.74, 6) is 0.702. The molecular weight excluding hydrogens is 651 g/mol. The van der Waals surface area contributed by atoms with Crippen molar-refractivity contribution in [3.05, 3.63) is 134 Å². The Morgan fingerprint density at radius 2 is 1.43 bits per heavy atom. The summed E-state index contributed by atoms with van der Waals surface area (Å²) in [6.45, 7) is 0.665. The quantitative estimate of drug-likeness (QED) is 0.176. The van der Waals surface area contributed by atoms with Crippen molar-refractivity contribution in [1.82, 2.24) is 4.90 Å². The van der Waals surface area contributed by atoms with Crippen LogP contribution in [0.25, 0.3) is 38.6 Å². The first kappa shape index (κ1) is 25.0. The first-order valence-electron chi connectivity index (χ1n) is 20.1. The molecule has 1 heterocycles. The lowest BCUT2D eigenvalue weighted by atomic mass is 9.29. The van der Waals surface area contributed by atoms with Crippen molar-refractivity contribution in [2.75, 3.05) is 6.54 Å². The third-order valence-corrected chi connectivity index (χ3v) is 19.3. The predicted molar refractivity (Wildman–Crippen MR) is 196 cm³/mol. The molecule has 0 N–H and O–H groups in total. The molecule has 53 heavy (non-hydrogen) atoms. The first-order chi connectivity index (χ1) is 25.9. The number of ketones is 2. The Morgan fingerprint density at radius 1 is 0.660 bits per heavy atom. The lowest BCUT2D eigenvalue weighted by molar-refractivity contribution is -0.150. The van der Waals surface area contributed by atoms with Crippen molar-refractivity contribution in [3.8, 4) is 22.3 Å². The van der Waals surface area contributed by atoms with Crippen LogP contribution in [0.1, 0.15) is 80.5 Å². The van der Waals surface area contributed by atoms with Gasteiger partial charge < -0.3 is 4.90 Å². The van der Waals surface area contributed by atoms with E-state index in [1.54, 1.807) is 0 Å². The minimum Gasteiger partial charge on any atom is -0.331 e. The van der Waals surface area contributed by atoms with Crippen molar-refractivity contribution < 1.29 is 14.4 Å². The fourth-order valence-electron chi connectivity index (χ4n) is 19.4. The molecule has 14 aliphatic rings. The highest BCUT2D eigenvalue weighted by atomic mass is 16.2. The maximum atomic E-state index is 15.9. The van der Waals surface area contributed by atoms with Crippen LogP contribution in [0, 0.1) is 16.2 Å². The lowest BCUT2D eigenvalue weighted by Gasteiger charge is -2.70. The minimum absolute atomic E-state index is 0.122. The molecule has 0 aromatic heterocycles. The second-order valence-corrected chi connectivity index (χ2v) is 19.7. The molecule has 1 aliphatic heterocycles. The summed E-state index contributed by atoms with van der Waals surface area (Å²) >= 11 is 0. The maximum absolute atomic E-state index is 15.9. The molecular formula is C49H29NO3. The molecule has 4 nitrogen and oxygen atoms in total. The van der Waals surface area contributed by atoms with E-state index in [2.05, 4.69) is 41.3 Å². The van der Waals surface area contributed by atoms with Gasteiger partial charge in [0.25, 0.3) is 5.91 Å². The number of allylic oxidation sites excluding steroid dienone is 5. The second kappa shape index (κ2) is 6.24. The van der Waals surface area contributed by atoms with Crippen LogP contribution < -0.4 is 0 Å².